The molecule has 6 nitrogen and oxygen atoms in total. The number of aromatic nitrogens is 2. The van der Waals surface area contributed by atoms with Gasteiger partial charge in [-0.15, -0.1) is 0 Å². The maximum Gasteiger partial charge on any atom is 0.311 e. The molecule has 4 rings (SSSR count). The Morgan fingerprint density at radius 1 is 1.22 bits per heavy atom. The van der Waals surface area contributed by atoms with Gasteiger partial charge in [0.25, 0.3) is 5.91 Å². The van der Waals surface area contributed by atoms with E-state index in [4.69, 9.17) is 5.10 Å². The molecule has 1 saturated heterocycles. The first-order valence-corrected chi connectivity index (χ1v) is 9.60. The van der Waals surface area contributed by atoms with Gasteiger partial charge >= 0.3 is 5.97 Å². The van der Waals surface area contributed by atoms with Crippen LogP contribution in [-0.4, -0.2) is 44.8 Å². The van der Waals surface area contributed by atoms with Gasteiger partial charge in [-0.3, -0.25) is 9.59 Å². The molecule has 2 aliphatic rings. The van der Waals surface area contributed by atoms with Crippen LogP contribution in [0, 0.1) is 11.3 Å². The highest BCUT2D eigenvalue weighted by Gasteiger charge is 2.49. The predicted molar refractivity (Wildman–Crippen MR) is 101 cm³/mol. The monoisotopic (exact) mass is 367 g/mol. The molecule has 142 valence electrons. The zero-order valence-electron chi connectivity index (χ0n) is 15.8. The molecule has 2 aromatic rings. The number of aliphatic carboxylic acids is 1. The lowest BCUT2D eigenvalue weighted by molar-refractivity contribution is -0.150. The second-order valence-corrected chi connectivity index (χ2v) is 8.07. The van der Waals surface area contributed by atoms with Crippen molar-refractivity contribution in [3.8, 4) is 5.69 Å². The number of likely N-dealkylation sites (tertiary alicyclic amines) is 1. The largest absolute Gasteiger partial charge is 0.481 e. The second kappa shape index (κ2) is 6.51. The summed E-state index contributed by atoms with van der Waals surface area (Å²) >= 11 is 0. The van der Waals surface area contributed by atoms with Gasteiger partial charge in [0.1, 0.15) is 5.69 Å². The summed E-state index contributed by atoms with van der Waals surface area (Å²) < 4.78 is 1.71. The van der Waals surface area contributed by atoms with E-state index < -0.39 is 11.4 Å². The normalized spacial score (nSPS) is 22.4. The lowest BCUT2D eigenvalue weighted by Gasteiger charge is -2.28. The predicted octanol–water partition coefficient (Wildman–Crippen LogP) is 3.32. The zero-order valence-corrected chi connectivity index (χ0v) is 15.8. The van der Waals surface area contributed by atoms with Gasteiger partial charge in [-0.2, -0.15) is 5.10 Å². The first-order chi connectivity index (χ1) is 12.9. The number of para-hydroxylation sites is 1. The van der Waals surface area contributed by atoms with E-state index in [1.54, 1.807) is 9.58 Å². The van der Waals surface area contributed by atoms with E-state index in [9.17, 15) is 14.7 Å². The number of carboxylic acid groups (broad SMARTS) is 1. The molecule has 1 aliphatic carbocycles. The van der Waals surface area contributed by atoms with Gasteiger partial charge in [-0.1, -0.05) is 32.0 Å². The van der Waals surface area contributed by atoms with Gasteiger partial charge in [0.05, 0.1) is 16.8 Å². The molecule has 1 saturated carbocycles. The maximum atomic E-state index is 13.3. The van der Waals surface area contributed by atoms with Gasteiger partial charge in [0.2, 0.25) is 0 Å². The van der Waals surface area contributed by atoms with Crippen LogP contribution in [0.3, 0.4) is 0 Å². The Hall–Kier alpha value is -2.63. The van der Waals surface area contributed by atoms with E-state index in [-0.39, 0.29) is 18.4 Å². The third kappa shape index (κ3) is 3.03. The first kappa shape index (κ1) is 17.8. The number of nitrogens with zero attached hydrogens (tertiary/aromatic N) is 3. The summed E-state index contributed by atoms with van der Waals surface area (Å²) in [5.41, 5.74) is 1.45. The molecule has 27 heavy (non-hydrogen) atoms. The number of amides is 1. The summed E-state index contributed by atoms with van der Waals surface area (Å²) in [4.78, 5) is 26.9. The lowest BCUT2D eigenvalue weighted by Crippen LogP contribution is -2.41. The first-order valence-electron chi connectivity index (χ1n) is 9.60. The van der Waals surface area contributed by atoms with E-state index in [0.717, 1.165) is 24.2 Å². The van der Waals surface area contributed by atoms with Crippen LogP contribution in [0.5, 0.6) is 0 Å². The quantitative estimate of drug-likeness (QED) is 0.880. The fraction of sp³-hybridized carbons (Fsp3) is 0.476. The van der Waals surface area contributed by atoms with Crippen molar-refractivity contribution >= 4 is 11.9 Å². The van der Waals surface area contributed by atoms with Crippen LogP contribution in [0.2, 0.25) is 0 Å². The highest BCUT2D eigenvalue weighted by Crippen LogP contribution is 2.41. The minimum absolute atomic E-state index is 0.0335. The molecule has 1 aromatic carbocycles. The van der Waals surface area contributed by atoms with Crippen molar-refractivity contribution in [2.75, 3.05) is 13.1 Å². The van der Waals surface area contributed by atoms with Gasteiger partial charge in [0, 0.05) is 19.0 Å². The summed E-state index contributed by atoms with van der Waals surface area (Å²) in [5, 5.41) is 14.5. The third-order valence-electron chi connectivity index (χ3n) is 6.06. The average molecular weight is 367 g/mol. The fourth-order valence-electron chi connectivity index (χ4n) is 3.96. The smallest absolute Gasteiger partial charge is 0.311 e. The fourth-order valence-corrected chi connectivity index (χ4v) is 3.96. The molecule has 1 unspecified atom stereocenters. The summed E-state index contributed by atoms with van der Waals surface area (Å²) in [5.74, 6) is -0.548. The minimum Gasteiger partial charge on any atom is -0.481 e. The molecule has 1 N–H and O–H groups in total. The van der Waals surface area contributed by atoms with Crippen LogP contribution in [0.4, 0.5) is 0 Å². The molecular formula is C21H25N3O3. The van der Waals surface area contributed by atoms with Gasteiger partial charge in [-0.05, 0) is 43.4 Å². The third-order valence-corrected chi connectivity index (χ3v) is 6.06. The van der Waals surface area contributed by atoms with Crippen molar-refractivity contribution in [3.63, 3.8) is 0 Å². The Bertz CT molecular complexity index is 870. The summed E-state index contributed by atoms with van der Waals surface area (Å²) in [6, 6.07) is 11.5. The van der Waals surface area contributed by atoms with Crippen molar-refractivity contribution < 1.29 is 14.7 Å². The molecule has 2 fully saturated rings. The lowest BCUT2D eigenvalue weighted by atomic mass is 9.76. The minimum atomic E-state index is -0.868. The number of hydrogen-bond donors (Lipinski definition) is 1. The molecule has 6 heteroatoms. The van der Waals surface area contributed by atoms with Crippen molar-refractivity contribution in [2.24, 2.45) is 11.3 Å². The van der Waals surface area contributed by atoms with Crippen molar-refractivity contribution in [1.29, 1.82) is 0 Å². The molecular weight excluding hydrogens is 342 g/mol. The van der Waals surface area contributed by atoms with Gasteiger partial charge < -0.3 is 10.0 Å². The van der Waals surface area contributed by atoms with E-state index in [0.29, 0.717) is 24.6 Å². The summed E-state index contributed by atoms with van der Waals surface area (Å²) in [6.45, 7) is 4.54. The highest BCUT2D eigenvalue weighted by atomic mass is 16.4. The summed E-state index contributed by atoms with van der Waals surface area (Å²) in [7, 11) is 0. The van der Waals surface area contributed by atoms with E-state index in [1.165, 1.54) is 0 Å². The number of carbonyl (C=O) groups excluding carboxylic acids is 1. The number of carbonyl (C=O) groups is 2. The molecule has 0 radical (unpaired) electrons. The number of carboxylic acids is 1. The second-order valence-electron chi connectivity index (χ2n) is 8.07. The van der Waals surface area contributed by atoms with Gasteiger partial charge in [-0.25, -0.2) is 4.68 Å². The van der Waals surface area contributed by atoms with E-state index in [2.05, 4.69) is 0 Å². The van der Waals surface area contributed by atoms with Crippen molar-refractivity contribution in [2.45, 2.75) is 39.0 Å². The van der Waals surface area contributed by atoms with E-state index >= 15 is 0 Å². The van der Waals surface area contributed by atoms with Crippen molar-refractivity contribution in [3.05, 3.63) is 47.8 Å². The van der Waals surface area contributed by atoms with Gasteiger partial charge in [0.15, 0.2) is 0 Å². The average Bonchev–Trinajstić information content (AvgIpc) is 3.24. The van der Waals surface area contributed by atoms with Crippen LogP contribution in [0.1, 0.15) is 55.2 Å². The molecule has 0 spiro atoms. The molecule has 0 bridgehead atoms. The Balaban J connectivity index is 1.67. The standard InChI is InChI=1S/C21H25N3O3/c1-14(2)21(20(26)27)10-11-23(13-21)19(25)18-12-17(15-8-9-15)22-24(18)16-6-4-3-5-7-16/h3-7,12,14-15H,8-11,13H2,1-2H3,(H,26,27). The Morgan fingerprint density at radius 3 is 2.48 bits per heavy atom. The van der Waals surface area contributed by atoms with Crippen LogP contribution in [-0.2, 0) is 4.79 Å². The molecule has 1 amide bonds. The SMILES string of the molecule is CC(C)C1(C(=O)O)CCN(C(=O)c2cc(C3CC3)nn2-c2ccccc2)C1. The van der Waals surface area contributed by atoms with Crippen LogP contribution < -0.4 is 0 Å². The molecule has 2 heterocycles. The zero-order chi connectivity index (χ0) is 19.2. The maximum absolute atomic E-state index is 13.3. The molecule has 1 aliphatic heterocycles. The van der Waals surface area contributed by atoms with Crippen molar-refractivity contribution in [1.82, 2.24) is 14.7 Å². The molecule has 1 atom stereocenters. The number of benzene rings is 1. The van der Waals surface area contributed by atoms with E-state index in [1.807, 2.05) is 50.2 Å². The number of hydrogen-bond acceptors (Lipinski definition) is 3. The number of rotatable bonds is 5. The Morgan fingerprint density at radius 2 is 1.93 bits per heavy atom. The highest BCUT2D eigenvalue weighted by molar-refractivity contribution is 5.94. The molecule has 1 aromatic heterocycles. The summed E-state index contributed by atoms with van der Waals surface area (Å²) in [6.07, 6.45) is 2.71. The van der Waals surface area contributed by atoms with Crippen LogP contribution >= 0.6 is 0 Å². The van der Waals surface area contributed by atoms with Crippen LogP contribution in [0.15, 0.2) is 36.4 Å². The Kier molecular flexibility index (Phi) is 4.29. The van der Waals surface area contributed by atoms with Crippen LogP contribution in [0.25, 0.3) is 5.69 Å². The Labute approximate surface area is 158 Å². The topological polar surface area (TPSA) is 75.4 Å².